The number of unbranched alkanes of at least 4 members (excludes halogenated alkanes) is 1. The van der Waals surface area contributed by atoms with E-state index >= 15 is 0 Å². The normalized spacial score (nSPS) is 14.6. The van der Waals surface area contributed by atoms with Crippen LogP contribution in [0.2, 0.25) is 0 Å². The molecule has 20 heavy (non-hydrogen) atoms. The van der Waals surface area contributed by atoms with E-state index in [9.17, 15) is 4.79 Å². The average Bonchev–Trinajstić information content (AvgIpc) is 2.38. The molecule has 3 heteroatoms. The molecule has 0 rings (SSSR count). The summed E-state index contributed by atoms with van der Waals surface area (Å²) in [4.78, 5) is 12.6. The zero-order valence-electron chi connectivity index (χ0n) is 14.3. The van der Waals surface area contributed by atoms with Gasteiger partial charge >= 0.3 is 5.97 Å². The summed E-state index contributed by atoms with van der Waals surface area (Å²) in [6.07, 6.45) is 3.83. The second kappa shape index (κ2) is 10.2. The molecule has 0 aliphatic carbocycles. The molecule has 0 spiro atoms. The predicted octanol–water partition coefficient (Wildman–Crippen LogP) is 4.44. The van der Waals surface area contributed by atoms with Crippen LogP contribution in [0.1, 0.15) is 67.2 Å². The molecule has 0 saturated heterocycles. The van der Waals surface area contributed by atoms with Crippen LogP contribution in [0.5, 0.6) is 0 Å². The van der Waals surface area contributed by atoms with Crippen molar-refractivity contribution in [2.75, 3.05) is 19.8 Å². The lowest BCUT2D eigenvalue weighted by molar-refractivity contribution is -0.165. The third-order valence-corrected chi connectivity index (χ3v) is 3.97. The Kier molecular flexibility index (Phi) is 9.91. The molecule has 0 N–H and O–H groups in total. The van der Waals surface area contributed by atoms with E-state index in [2.05, 4.69) is 34.6 Å². The predicted molar refractivity (Wildman–Crippen MR) is 83.7 cm³/mol. The van der Waals surface area contributed by atoms with Gasteiger partial charge in [0.1, 0.15) is 0 Å². The first-order valence-electron chi connectivity index (χ1n) is 8.15. The van der Waals surface area contributed by atoms with E-state index in [1.54, 1.807) is 0 Å². The van der Waals surface area contributed by atoms with Gasteiger partial charge in [0.25, 0.3) is 0 Å². The first-order chi connectivity index (χ1) is 9.40. The van der Waals surface area contributed by atoms with Gasteiger partial charge < -0.3 is 9.47 Å². The van der Waals surface area contributed by atoms with Crippen molar-refractivity contribution in [2.45, 2.75) is 67.2 Å². The highest BCUT2D eigenvalue weighted by molar-refractivity contribution is 5.77. The van der Waals surface area contributed by atoms with Crippen LogP contribution < -0.4 is 0 Å². The molecule has 0 fully saturated rings. The summed E-state index contributed by atoms with van der Waals surface area (Å²) in [7, 11) is 0. The van der Waals surface area contributed by atoms with Crippen LogP contribution >= 0.6 is 0 Å². The van der Waals surface area contributed by atoms with E-state index in [0.29, 0.717) is 25.7 Å². The maximum absolute atomic E-state index is 12.6. The molecule has 1 atom stereocenters. The van der Waals surface area contributed by atoms with Crippen molar-refractivity contribution in [1.29, 1.82) is 0 Å². The molecule has 0 aliphatic heterocycles. The maximum Gasteiger partial charge on any atom is 0.314 e. The Morgan fingerprint density at radius 2 is 1.80 bits per heavy atom. The fourth-order valence-electron chi connectivity index (χ4n) is 2.21. The summed E-state index contributed by atoms with van der Waals surface area (Å²) in [6, 6.07) is 0. The van der Waals surface area contributed by atoms with Gasteiger partial charge in [-0.2, -0.15) is 0 Å². The van der Waals surface area contributed by atoms with Gasteiger partial charge in [0.15, 0.2) is 0 Å². The van der Waals surface area contributed by atoms with Crippen LogP contribution in [0.3, 0.4) is 0 Å². The van der Waals surface area contributed by atoms with Gasteiger partial charge in [0.05, 0.1) is 18.6 Å². The van der Waals surface area contributed by atoms with E-state index in [4.69, 9.17) is 9.47 Å². The molecule has 1 unspecified atom stereocenters. The lowest BCUT2D eigenvalue weighted by Crippen LogP contribution is -2.42. The van der Waals surface area contributed by atoms with Gasteiger partial charge in [-0.25, -0.2) is 0 Å². The highest BCUT2D eigenvalue weighted by atomic mass is 16.5. The van der Waals surface area contributed by atoms with Crippen molar-refractivity contribution < 1.29 is 14.3 Å². The van der Waals surface area contributed by atoms with Crippen LogP contribution in [0.15, 0.2) is 0 Å². The van der Waals surface area contributed by atoms with Crippen molar-refractivity contribution in [1.82, 2.24) is 0 Å². The topological polar surface area (TPSA) is 35.5 Å². The first-order valence-corrected chi connectivity index (χ1v) is 8.15. The van der Waals surface area contributed by atoms with Crippen molar-refractivity contribution in [3.63, 3.8) is 0 Å². The summed E-state index contributed by atoms with van der Waals surface area (Å²) in [6.45, 7) is 14.3. The lowest BCUT2D eigenvalue weighted by atomic mass is 9.73. The third kappa shape index (κ3) is 6.25. The minimum atomic E-state index is -0.492. The van der Waals surface area contributed by atoms with Gasteiger partial charge in [-0.15, -0.1) is 0 Å². The average molecular weight is 286 g/mol. The number of rotatable bonds is 11. The molecule has 0 heterocycles. The molecule has 3 nitrogen and oxygen atoms in total. The number of esters is 1. The molecule has 0 saturated carbocycles. The van der Waals surface area contributed by atoms with Crippen molar-refractivity contribution in [3.05, 3.63) is 0 Å². The Hall–Kier alpha value is -0.570. The molecule has 0 aliphatic rings. The maximum atomic E-state index is 12.6. The van der Waals surface area contributed by atoms with Crippen LogP contribution in [-0.2, 0) is 14.3 Å². The molecule has 0 aromatic rings. The largest absolute Gasteiger partial charge is 0.465 e. The Balaban J connectivity index is 4.90. The number of ether oxygens (including phenoxy) is 2. The van der Waals surface area contributed by atoms with E-state index in [-0.39, 0.29) is 11.9 Å². The van der Waals surface area contributed by atoms with Crippen LogP contribution in [0.4, 0.5) is 0 Å². The van der Waals surface area contributed by atoms with Crippen LogP contribution in [0.25, 0.3) is 0 Å². The second-order valence-corrected chi connectivity index (χ2v) is 6.37. The zero-order valence-corrected chi connectivity index (χ0v) is 14.3. The van der Waals surface area contributed by atoms with E-state index in [1.165, 1.54) is 0 Å². The quantitative estimate of drug-likeness (QED) is 0.416. The molecular weight excluding hydrogens is 252 g/mol. The summed E-state index contributed by atoms with van der Waals surface area (Å²) in [5.74, 6) is 0.732. The van der Waals surface area contributed by atoms with E-state index in [0.717, 1.165) is 25.7 Å². The van der Waals surface area contributed by atoms with Gasteiger partial charge in [0.2, 0.25) is 0 Å². The van der Waals surface area contributed by atoms with Crippen LogP contribution in [-0.4, -0.2) is 25.8 Å². The Morgan fingerprint density at radius 3 is 2.25 bits per heavy atom. The molecular formula is C17H34O3. The summed E-state index contributed by atoms with van der Waals surface area (Å²) >= 11 is 0. The molecule has 0 aromatic heterocycles. The standard InChI is InChI=1S/C17H34O3/c1-7-9-12-20-16(18)17(15(5)6,13-19-8-2)11-10-14(3)4/h14-15H,7-13H2,1-6H3. The van der Waals surface area contributed by atoms with E-state index < -0.39 is 5.41 Å². The minimum absolute atomic E-state index is 0.0740. The lowest BCUT2D eigenvalue weighted by Gasteiger charge is -2.35. The van der Waals surface area contributed by atoms with Gasteiger partial charge in [-0.1, -0.05) is 41.0 Å². The molecule has 120 valence electrons. The Bertz CT molecular complexity index is 261. The van der Waals surface area contributed by atoms with Crippen LogP contribution in [0, 0.1) is 17.3 Å². The van der Waals surface area contributed by atoms with Gasteiger partial charge in [-0.05, 0) is 38.0 Å². The summed E-state index contributed by atoms with van der Waals surface area (Å²) in [5.41, 5.74) is -0.492. The molecule has 0 radical (unpaired) electrons. The summed E-state index contributed by atoms with van der Waals surface area (Å²) < 4.78 is 11.1. The smallest absolute Gasteiger partial charge is 0.314 e. The monoisotopic (exact) mass is 286 g/mol. The summed E-state index contributed by atoms with van der Waals surface area (Å²) in [5, 5.41) is 0. The van der Waals surface area contributed by atoms with Crippen molar-refractivity contribution in [2.24, 2.45) is 17.3 Å². The molecule has 0 aromatic carbocycles. The number of carbonyl (C=O) groups is 1. The van der Waals surface area contributed by atoms with E-state index in [1.807, 2.05) is 6.92 Å². The fraction of sp³-hybridized carbons (Fsp3) is 0.941. The zero-order chi connectivity index (χ0) is 15.6. The SMILES string of the molecule is CCCCOC(=O)C(CCC(C)C)(COCC)C(C)C. The highest BCUT2D eigenvalue weighted by Gasteiger charge is 2.43. The Labute approximate surface area is 125 Å². The second-order valence-electron chi connectivity index (χ2n) is 6.37. The van der Waals surface area contributed by atoms with Gasteiger partial charge in [-0.3, -0.25) is 4.79 Å². The molecule has 0 amide bonds. The van der Waals surface area contributed by atoms with Gasteiger partial charge in [0, 0.05) is 6.61 Å². The minimum Gasteiger partial charge on any atom is -0.465 e. The van der Waals surface area contributed by atoms with Crippen molar-refractivity contribution in [3.8, 4) is 0 Å². The number of carbonyl (C=O) groups excluding carboxylic acids is 1. The Morgan fingerprint density at radius 1 is 1.15 bits per heavy atom. The van der Waals surface area contributed by atoms with Crippen molar-refractivity contribution >= 4 is 5.97 Å². The molecule has 0 bridgehead atoms. The number of hydrogen-bond donors (Lipinski definition) is 0. The third-order valence-electron chi connectivity index (χ3n) is 3.97. The number of hydrogen-bond acceptors (Lipinski definition) is 3. The highest BCUT2D eigenvalue weighted by Crippen LogP contribution is 2.36. The first kappa shape index (κ1) is 19.4. The fourth-order valence-corrected chi connectivity index (χ4v) is 2.21.